The molecule has 1 unspecified atom stereocenters. The fourth-order valence-electron chi connectivity index (χ4n) is 5.92. The molecule has 0 radical (unpaired) electrons. The second-order valence-electron chi connectivity index (χ2n) is 14.9. The molecule has 6 heteroatoms. The maximum Gasteiger partial charge on any atom is 0.309 e. The highest BCUT2D eigenvalue weighted by atomic mass is 16.6. The number of ether oxygens (including phenoxy) is 3. The summed E-state index contributed by atoms with van der Waals surface area (Å²) in [6.07, 6.45) is 60.1. The van der Waals surface area contributed by atoms with E-state index in [4.69, 9.17) is 14.2 Å². The van der Waals surface area contributed by atoms with E-state index < -0.39 is 12.1 Å². The Labute approximate surface area is 356 Å². The van der Waals surface area contributed by atoms with Crippen molar-refractivity contribution in [3.63, 3.8) is 0 Å². The average Bonchev–Trinajstić information content (AvgIpc) is 3.22. The monoisotopic (exact) mass is 805 g/mol. The highest BCUT2D eigenvalue weighted by Gasteiger charge is 2.19. The molecule has 0 heterocycles. The summed E-state index contributed by atoms with van der Waals surface area (Å²) < 4.78 is 16.5. The number of unbranched alkanes of at least 4 members (excludes halogenated alkanes) is 15. The zero-order valence-electron chi connectivity index (χ0n) is 37.3. The minimum absolute atomic E-state index is 0.123. The molecule has 6 nitrogen and oxygen atoms in total. The van der Waals surface area contributed by atoms with Gasteiger partial charge in [0.1, 0.15) is 13.2 Å². The average molecular weight is 805 g/mol. The van der Waals surface area contributed by atoms with Gasteiger partial charge < -0.3 is 14.2 Å². The minimum Gasteiger partial charge on any atom is -0.462 e. The first-order chi connectivity index (χ1) is 28.5. The lowest BCUT2D eigenvalue weighted by Gasteiger charge is -2.18. The Balaban J connectivity index is 4.41. The van der Waals surface area contributed by atoms with Crippen molar-refractivity contribution >= 4 is 17.9 Å². The van der Waals surface area contributed by atoms with Crippen molar-refractivity contribution < 1.29 is 28.6 Å². The van der Waals surface area contributed by atoms with Gasteiger partial charge in [0.2, 0.25) is 0 Å². The van der Waals surface area contributed by atoms with Crippen LogP contribution >= 0.6 is 0 Å². The summed E-state index contributed by atoms with van der Waals surface area (Å²) in [6, 6.07) is 0. The molecule has 58 heavy (non-hydrogen) atoms. The zero-order chi connectivity index (χ0) is 42.3. The zero-order valence-corrected chi connectivity index (χ0v) is 37.3. The lowest BCUT2D eigenvalue weighted by Crippen LogP contribution is -2.30. The summed E-state index contributed by atoms with van der Waals surface area (Å²) in [6.45, 7) is 6.21. The summed E-state index contributed by atoms with van der Waals surface area (Å²) in [5.41, 5.74) is 0. The molecule has 0 aromatic heterocycles. The van der Waals surface area contributed by atoms with E-state index in [0.29, 0.717) is 12.8 Å². The Morgan fingerprint density at radius 2 is 0.793 bits per heavy atom. The number of hydrogen-bond donors (Lipinski definition) is 0. The highest BCUT2D eigenvalue weighted by molar-refractivity contribution is 5.72. The van der Waals surface area contributed by atoms with Gasteiger partial charge in [-0.25, -0.2) is 0 Å². The Morgan fingerprint density at radius 3 is 1.34 bits per heavy atom. The molecule has 0 bridgehead atoms. The van der Waals surface area contributed by atoms with Crippen molar-refractivity contribution in [2.45, 2.75) is 200 Å². The van der Waals surface area contributed by atoms with E-state index in [1.54, 1.807) is 6.08 Å². The summed E-state index contributed by atoms with van der Waals surface area (Å²) >= 11 is 0. The first kappa shape index (κ1) is 54.3. The van der Waals surface area contributed by atoms with Gasteiger partial charge in [0.05, 0.1) is 6.42 Å². The molecule has 0 saturated heterocycles. The minimum atomic E-state index is -0.832. The molecule has 0 fully saturated rings. The maximum absolute atomic E-state index is 12.7. The first-order valence-corrected chi connectivity index (χ1v) is 23.3. The van der Waals surface area contributed by atoms with Crippen LogP contribution in [0.3, 0.4) is 0 Å². The van der Waals surface area contributed by atoms with Gasteiger partial charge in [0, 0.05) is 12.8 Å². The third-order valence-electron chi connectivity index (χ3n) is 9.36. The van der Waals surface area contributed by atoms with E-state index in [-0.39, 0.29) is 38.0 Å². The molecule has 0 aliphatic carbocycles. The van der Waals surface area contributed by atoms with Gasteiger partial charge in [-0.1, -0.05) is 182 Å². The van der Waals surface area contributed by atoms with E-state index in [1.807, 2.05) is 6.08 Å². The van der Waals surface area contributed by atoms with E-state index in [0.717, 1.165) is 70.6 Å². The maximum atomic E-state index is 12.7. The predicted octanol–water partition coefficient (Wildman–Crippen LogP) is 15.0. The van der Waals surface area contributed by atoms with Crippen LogP contribution in [0, 0.1) is 0 Å². The third kappa shape index (κ3) is 43.5. The fourth-order valence-corrected chi connectivity index (χ4v) is 5.92. The highest BCUT2D eigenvalue weighted by Crippen LogP contribution is 2.13. The second-order valence-corrected chi connectivity index (χ2v) is 14.9. The van der Waals surface area contributed by atoms with E-state index >= 15 is 0 Å². The Morgan fingerprint density at radius 1 is 0.397 bits per heavy atom. The molecule has 0 aromatic rings. The first-order valence-electron chi connectivity index (χ1n) is 23.3. The summed E-state index contributed by atoms with van der Waals surface area (Å²) in [7, 11) is 0. The van der Waals surface area contributed by atoms with Gasteiger partial charge in [-0.2, -0.15) is 0 Å². The van der Waals surface area contributed by atoms with Crippen molar-refractivity contribution in [2.75, 3.05) is 13.2 Å². The molecule has 328 valence electrons. The lowest BCUT2D eigenvalue weighted by atomic mass is 10.1. The van der Waals surface area contributed by atoms with Crippen molar-refractivity contribution in [1.82, 2.24) is 0 Å². The fraction of sp³-hybridized carbons (Fsp3) is 0.635. The van der Waals surface area contributed by atoms with Crippen LogP contribution in [0.25, 0.3) is 0 Å². The molecule has 0 rings (SSSR count). The molecule has 0 amide bonds. The van der Waals surface area contributed by atoms with Crippen LogP contribution in [0.2, 0.25) is 0 Å². The van der Waals surface area contributed by atoms with Crippen LogP contribution < -0.4 is 0 Å². The Bertz CT molecular complexity index is 1200. The number of carbonyl (C=O) groups is 3. The second kappa shape index (κ2) is 46.0. The molecule has 0 N–H and O–H groups in total. The van der Waals surface area contributed by atoms with Gasteiger partial charge in [-0.15, -0.1) is 0 Å². The van der Waals surface area contributed by atoms with Gasteiger partial charge in [0.15, 0.2) is 6.10 Å². The number of hydrogen-bond acceptors (Lipinski definition) is 6. The van der Waals surface area contributed by atoms with Crippen LogP contribution in [0.5, 0.6) is 0 Å². The topological polar surface area (TPSA) is 78.9 Å². The number of rotatable bonds is 40. The van der Waals surface area contributed by atoms with Crippen molar-refractivity contribution in [3.8, 4) is 0 Å². The van der Waals surface area contributed by atoms with Crippen LogP contribution in [0.4, 0.5) is 0 Å². The van der Waals surface area contributed by atoms with E-state index in [1.165, 1.54) is 77.0 Å². The molecule has 0 aliphatic heterocycles. The lowest BCUT2D eigenvalue weighted by molar-refractivity contribution is -0.166. The van der Waals surface area contributed by atoms with Crippen LogP contribution in [-0.2, 0) is 28.6 Å². The molecule has 0 aromatic carbocycles. The van der Waals surface area contributed by atoms with Crippen molar-refractivity contribution in [2.24, 2.45) is 0 Å². The largest absolute Gasteiger partial charge is 0.462 e. The molecule has 0 aliphatic rings. The smallest absolute Gasteiger partial charge is 0.309 e. The van der Waals surface area contributed by atoms with Crippen LogP contribution in [0.15, 0.2) is 97.2 Å². The summed E-state index contributed by atoms with van der Waals surface area (Å²) in [5.74, 6) is -1.11. The Kier molecular flexibility index (Phi) is 43.1. The van der Waals surface area contributed by atoms with Crippen LogP contribution in [-0.4, -0.2) is 37.2 Å². The molecular weight excluding hydrogens is 721 g/mol. The predicted molar refractivity (Wildman–Crippen MR) is 247 cm³/mol. The standard InChI is InChI=1S/C52H84O6/c1-4-7-10-13-16-19-21-23-24-25-26-27-28-29-31-33-36-39-42-45-51(54)57-48-49(47-56-50(53)44-41-38-35-32-18-15-12-9-6-3)58-52(55)46-43-40-37-34-30-22-20-17-14-11-8-5-2/h8-9,11-12,16-21,23,30,32,34,38,41,49H,4-7,10,13-15,22,24-29,31,33,35-37,39-40,42-48H2,1-3H3/b11-8-,12-9-,19-16-,20-17-,23-21-,32-18-,34-30-,41-38-. The SMILES string of the molecule is CC/C=C\C/C=C\C/C=C\CCCCC(=O)OC(COC(=O)C/C=C\C/C=C\C/C=C\CC)COC(=O)CCCCCCCCCCCC/C=C\C=C/CCCCC. The molecular formula is C52H84O6. The third-order valence-corrected chi connectivity index (χ3v) is 9.36. The molecule has 0 saturated carbocycles. The summed E-state index contributed by atoms with van der Waals surface area (Å²) in [4.78, 5) is 37.6. The van der Waals surface area contributed by atoms with Gasteiger partial charge in [0.25, 0.3) is 0 Å². The number of allylic oxidation sites excluding steroid dienone is 15. The van der Waals surface area contributed by atoms with Crippen LogP contribution in [0.1, 0.15) is 194 Å². The van der Waals surface area contributed by atoms with Gasteiger partial charge in [-0.05, 0) is 89.9 Å². The number of carbonyl (C=O) groups excluding carboxylic acids is 3. The Hall–Kier alpha value is -3.67. The normalized spacial score (nSPS) is 12.9. The van der Waals surface area contributed by atoms with Gasteiger partial charge >= 0.3 is 17.9 Å². The number of esters is 3. The van der Waals surface area contributed by atoms with E-state index in [2.05, 4.69) is 106 Å². The van der Waals surface area contributed by atoms with Crippen molar-refractivity contribution in [1.29, 1.82) is 0 Å². The van der Waals surface area contributed by atoms with Gasteiger partial charge in [-0.3, -0.25) is 14.4 Å². The molecule has 0 spiro atoms. The molecule has 1 atom stereocenters. The quantitative estimate of drug-likeness (QED) is 0.0202. The van der Waals surface area contributed by atoms with E-state index in [9.17, 15) is 14.4 Å². The van der Waals surface area contributed by atoms with Crippen molar-refractivity contribution in [3.05, 3.63) is 97.2 Å². The summed E-state index contributed by atoms with van der Waals surface area (Å²) in [5, 5.41) is 0.